The van der Waals surface area contributed by atoms with Gasteiger partial charge in [-0.2, -0.15) is 0 Å². The number of aliphatic hydroxyl groups excluding tert-OH is 1. The average Bonchev–Trinajstić information content (AvgIpc) is 3.14. The van der Waals surface area contributed by atoms with Crippen molar-refractivity contribution < 1.29 is 18.8 Å². The average molecular weight is 303 g/mol. The largest absolute Gasteiger partial charge is 0.374 e. The molecule has 6 nitrogen and oxygen atoms in total. The molecule has 7 heteroatoms. The monoisotopic (exact) mass is 303 g/mol. The van der Waals surface area contributed by atoms with Crippen molar-refractivity contribution in [2.45, 2.75) is 19.1 Å². The van der Waals surface area contributed by atoms with Gasteiger partial charge in [0.2, 0.25) is 0 Å². The molecule has 0 spiro atoms. The number of carbonyl (C=O) groups is 1. The molecule has 0 radical (unpaired) electrons. The lowest BCUT2D eigenvalue weighted by Crippen LogP contribution is -2.35. The summed E-state index contributed by atoms with van der Waals surface area (Å²) in [5, 5.41) is 16.5. The molecule has 0 aliphatic rings. The Bertz CT molecular complexity index is 783. The Kier molecular flexibility index (Phi) is 3.88. The number of hydrogen-bond acceptors (Lipinski definition) is 4. The fourth-order valence-corrected chi connectivity index (χ4v) is 2.28. The molecule has 2 heterocycles. The van der Waals surface area contributed by atoms with Gasteiger partial charge < -0.3 is 19.9 Å². The summed E-state index contributed by atoms with van der Waals surface area (Å²) < 4.78 is 17.8. The van der Waals surface area contributed by atoms with Gasteiger partial charge in [-0.25, -0.2) is 4.39 Å². The van der Waals surface area contributed by atoms with Gasteiger partial charge in [0.1, 0.15) is 18.3 Å². The summed E-state index contributed by atoms with van der Waals surface area (Å²) in [6.45, 7) is 0. The highest BCUT2D eigenvalue weighted by Gasteiger charge is 2.14. The maximum absolute atomic E-state index is 13.3. The fourth-order valence-electron chi connectivity index (χ4n) is 2.28. The van der Waals surface area contributed by atoms with Crippen LogP contribution in [0.5, 0.6) is 0 Å². The molecular weight excluding hydrogens is 289 g/mol. The molecule has 0 fully saturated rings. The Labute approximate surface area is 124 Å². The first-order valence-corrected chi connectivity index (χ1v) is 6.78. The summed E-state index contributed by atoms with van der Waals surface area (Å²) >= 11 is 0. The number of carbonyl (C=O) groups excluding carboxylic acids is 1. The van der Waals surface area contributed by atoms with Crippen molar-refractivity contribution in [1.29, 1.82) is 0 Å². The van der Waals surface area contributed by atoms with Crippen LogP contribution in [0.2, 0.25) is 0 Å². The first-order valence-electron chi connectivity index (χ1n) is 6.78. The number of benzene rings is 1. The number of H-pyrrole nitrogens is 1. The number of nitrogens with zero attached hydrogens (tertiary/aromatic N) is 1. The number of aliphatic hydroxyl groups is 1. The summed E-state index contributed by atoms with van der Waals surface area (Å²) in [6.07, 6.45) is 2.82. The predicted octanol–water partition coefficient (Wildman–Crippen LogP) is 1.98. The van der Waals surface area contributed by atoms with E-state index in [0.717, 1.165) is 16.5 Å². The van der Waals surface area contributed by atoms with Crippen LogP contribution in [0.25, 0.3) is 10.9 Å². The second-order valence-corrected chi connectivity index (χ2v) is 4.92. The zero-order valence-electron chi connectivity index (χ0n) is 11.5. The van der Waals surface area contributed by atoms with Crippen LogP contribution in [0, 0.1) is 5.82 Å². The summed E-state index contributed by atoms with van der Waals surface area (Å²) in [7, 11) is 0. The van der Waals surface area contributed by atoms with E-state index in [0.29, 0.717) is 12.8 Å². The van der Waals surface area contributed by atoms with Crippen molar-refractivity contribution >= 4 is 16.8 Å². The third-order valence-corrected chi connectivity index (χ3v) is 3.38. The van der Waals surface area contributed by atoms with Gasteiger partial charge >= 0.3 is 0 Å². The molecule has 0 saturated heterocycles. The Morgan fingerprint density at radius 2 is 2.32 bits per heavy atom. The van der Waals surface area contributed by atoms with Gasteiger partial charge in [-0.05, 0) is 36.6 Å². The van der Waals surface area contributed by atoms with E-state index in [1.807, 2.05) is 0 Å². The van der Waals surface area contributed by atoms with Gasteiger partial charge in [0.15, 0.2) is 5.69 Å². The number of halogens is 1. The maximum Gasteiger partial charge on any atom is 0.275 e. The highest BCUT2D eigenvalue weighted by atomic mass is 19.1. The zero-order valence-corrected chi connectivity index (χ0v) is 11.5. The van der Waals surface area contributed by atoms with E-state index in [2.05, 4.69) is 20.0 Å². The minimum atomic E-state index is -1.03. The number of fused-ring (bicyclic) bond motifs is 1. The number of aromatic nitrogens is 2. The molecule has 0 bridgehead atoms. The third kappa shape index (κ3) is 2.99. The molecule has 3 N–H and O–H groups in total. The molecule has 114 valence electrons. The Morgan fingerprint density at radius 3 is 3.09 bits per heavy atom. The van der Waals surface area contributed by atoms with Gasteiger partial charge in [-0.15, -0.1) is 0 Å². The lowest BCUT2D eigenvalue weighted by molar-refractivity contribution is 0.0757. The minimum Gasteiger partial charge on any atom is -0.374 e. The molecule has 0 aliphatic carbocycles. The minimum absolute atomic E-state index is 0.105. The van der Waals surface area contributed by atoms with E-state index in [-0.39, 0.29) is 11.5 Å². The van der Waals surface area contributed by atoms with Crippen molar-refractivity contribution in [3.8, 4) is 0 Å². The molecule has 0 saturated carbocycles. The lowest BCUT2D eigenvalue weighted by atomic mass is 10.1. The van der Waals surface area contributed by atoms with Crippen LogP contribution in [-0.2, 0) is 6.42 Å². The van der Waals surface area contributed by atoms with Crippen LogP contribution in [0.3, 0.4) is 0 Å². The third-order valence-electron chi connectivity index (χ3n) is 3.38. The Balaban J connectivity index is 1.61. The van der Waals surface area contributed by atoms with Crippen LogP contribution in [0.15, 0.2) is 41.2 Å². The first kappa shape index (κ1) is 14.3. The number of rotatable bonds is 5. The van der Waals surface area contributed by atoms with Crippen molar-refractivity contribution in [1.82, 2.24) is 15.5 Å². The zero-order chi connectivity index (χ0) is 15.5. The fraction of sp³-hybridized carbons (Fsp3) is 0.200. The van der Waals surface area contributed by atoms with Crippen LogP contribution in [-0.4, -0.2) is 27.4 Å². The number of nitrogens with one attached hydrogen (secondary N) is 2. The van der Waals surface area contributed by atoms with Gasteiger partial charge in [0.05, 0.1) is 0 Å². The molecule has 1 atom stereocenters. The smallest absolute Gasteiger partial charge is 0.275 e. The summed E-state index contributed by atoms with van der Waals surface area (Å²) in [6, 6.07) is 5.90. The lowest BCUT2D eigenvalue weighted by Gasteiger charge is -2.11. The van der Waals surface area contributed by atoms with E-state index in [4.69, 9.17) is 0 Å². The molecule has 1 unspecified atom stereocenters. The first-order chi connectivity index (χ1) is 10.6. The van der Waals surface area contributed by atoms with E-state index in [9.17, 15) is 14.3 Å². The Hall–Kier alpha value is -2.67. The molecular formula is C15H14FN3O3. The molecule has 3 rings (SSSR count). The van der Waals surface area contributed by atoms with E-state index < -0.39 is 12.1 Å². The van der Waals surface area contributed by atoms with Gasteiger partial charge in [-0.3, -0.25) is 4.79 Å². The summed E-state index contributed by atoms with van der Waals surface area (Å²) in [5.74, 6) is -0.820. The quantitative estimate of drug-likeness (QED) is 0.628. The highest BCUT2D eigenvalue weighted by molar-refractivity contribution is 5.92. The molecule has 3 aromatic rings. The van der Waals surface area contributed by atoms with Crippen molar-refractivity contribution in [2.75, 3.05) is 0 Å². The number of amides is 1. The van der Waals surface area contributed by atoms with E-state index in [1.54, 1.807) is 12.3 Å². The van der Waals surface area contributed by atoms with E-state index in [1.165, 1.54) is 24.5 Å². The SMILES string of the molecule is O=C(NC(O)CCc1c[nH]c2ccc(F)cc12)c1ccon1. The van der Waals surface area contributed by atoms with Crippen LogP contribution in [0.1, 0.15) is 22.5 Å². The summed E-state index contributed by atoms with van der Waals surface area (Å²) in [4.78, 5) is 14.7. The molecule has 2 aromatic heterocycles. The van der Waals surface area contributed by atoms with Gasteiger partial charge in [0.25, 0.3) is 5.91 Å². The normalized spacial score (nSPS) is 12.5. The van der Waals surface area contributed by atoms with Crippen LogP contribution in [0.4, 0.5) is 4.39 Å². The Morgan fingerprint density at radius 1 is 1.45 bits per heavy atom. The molecule has 1 amide bonds. The van der Waals surface area contributed by atoms with Crippen LogP contribution < -0.4 is 5.32 Å². The number of hydrogen-bond donors (Lipinski definition) is 3. The molecule has 0 aliphatic heterocycles. The number of aryl methyl sites for hydroxylation is 1. The topological polar surface area (TPSA) is 91.2 Å². The highest BCUT2D eigenvalue weighted by Crippen LogP contribution is 2.20. The summed E-state index contributed by atoms with van der Waals surface area (Å²) in [5.41, 5.74) is 1.81. The molecule has 22 heavy (non-hydrogen) atoms. The van der Waals surface area contributed by atoms with Crippen molar-refractivity contribution in [3.63, 3.8) is 0 Å². The number of aromatic amines is 1. The second kappa shape index (κ2) is 5.98. The van der Waals surface area contributed by atoms with Crippen LogP contribution >= 0.6 is 0 Å². The van der Waals surface area contributed by atoms with Crippen molar-refractivity contribution in [2.24, 2.45) is 0 Å². The maximum atomic E-state index is 13.3. The standard InChI is InChI=1S/C15H14FN3O3/c16-10-2-3-12-11(7-10)9(8-17-12)1-4-14(20)18-15(21)13-5-6-22-19-13/h2-3,5-8,14,17,20H,1,4H2,(H,18,21). The second-order valence-electron chi connectivity index (χ2n) is 4.92. The molecule has 1 aromatic carbocycles. The van der Waals surface area contributed by atoms with Crippen molar-refractivity contribution in [3.05, 3.63) is 53.8 Å². The van der Waals surface area contributed by atoms with Gasteiger partial charge in [0, 0.05) is 23.2 Å². The van der Waals surface area contributed by atoms with Gasteiger partial charge in [-0.1, -0.05) is 5.16 Å². The van der Waals surface area contributed by atoms with E-state index >= 15 is 0 Å². The predicted molar refractivity (Wildman–Crippen MR) is 76.6 cm³/mol.